The number of hydrogen-bond acceptors (Lipinski definition) is 3. The van der Waals surface area contributed by atoms with E-state index in [0.29, 0.717) is 11.1 Å². The molecule has 0 saturated carbocycles. The predicted octanol–water partition coefficient (Wildman–Crippen LogP) is 7.64. The van der Waals surface area contributed by atoms with Crippen molar-refractivity contribution in [2.75, 3.05) is 0 Å². The molecule has 0 bridgehead atoms. The van der Waals surface area contributed by atoms with Crippen LogP contribution in [-0.2, 0) is 10.2 Å². The van der Waals surface area contributed by atoms with Crippen molar-refractivity contribution >= 4 is 28.2 Å². The number of benzene rings is 4. The maximum atomic E-state index is 15.6. The average Bonchev–Trinajstić information content (AvgIpc) is 2.97. The zero-order valence-corrected chi connectivity index (χ0v) is 22.4. The van der Waals surface area contributed by atoms with Crippen molar-refractivity contribution in [1.82, 2.24) is 0 Å². The zero-order valence-electron chi connectivity index (χ0n) is 22.4. The van der Waals surface area contributed by atoms with Crippen LogP contribution in [-0.4, -0.2) is 28.1 Å². The van der Waals surface area contributed by atoms with Crippen molar-refractivity contribution in [1.29, 1.82) is 0 Å². The topological polar surface area (TPSA) is 66.7 Å². The second kappa shape index (κ2) is 10.9. The van der Waals surface area contributed by atoms with Gasteiger partial charge in [0.15, 0.2) is 5.78 Å². The van der Waals surface area contributed by atoms with Crippen LogP contribution >= 0.6 is 0 Å². The molecule has 1 N–H and O–H groups in total. The van der Waals surface area contributed by atoms with E-state index in [0.717, 1.165) is 16.8 Å². The first-order valence-electron chi connectivity index (χ1n) is 13.1. The molecule has 0 aromatic heterocycles. The van der Waals surface area contributed by atoms with Crippen molar-refractivity contribution < 1.29 is 23.5 Å². The Morgan fingerprint density at radius 2 is 1.61 bits per heavy atom. The third-order valence-corrected chi connectivity index (χ3v) is 7.42. The van der Waals surface area contributed by atoms with Gasteiger partial charge in [0, 0.05) is 29.2 Å². The summed E-state index contributed by atoms with van der Waals surface area (Å²) < 4.78 is 29.7. The number of aliphatic imine (C=N–C) groups is 1. The van der Waals surface area contributed by atoms with Gasteiger partial charge in [-0.2, -0.15) is 0 Å². The van der Waals surface area contributed by atoms with Gasteiger partial charge in [-0.25, -0.2) is 13.6 Å². The molecule has 0 heterocycles. The number of carboxylic acids is 1. The number of Topliss-reactive ketones (excluding diaryl/α,β-unsaturated/α-hetero) is 1. The van der Waals surface area contributed by atoms with Crippen molar-refractivity contribution in [3.8, 4) is 0 Å². The smallest absolute Gasteiger partial charge is 0.350 e. The Hall–Kier alpha value is -4.97. The maximum absolute atomic E-state index is 15.6. The Morgan fingerprint density at radius 3 is 2.29 bits per heavy atom. The van der Waals surface area contributed by atoms with E-state index >= 15 is 4.39 Å². The van der Waals surface area contributed by atoms with Crippen molar-refractivity contribution in [3.63, 3.8) is 0 Å². The SMILES string of the molecule is C=CCC(=NC1(C)C=CC(c2ccc3ccccc3c2)(c2ccc(F)cc2F)C=C1C(=O)c1ccccc1)C(=O)O. The molecular weight excluding hydrogens is 520 g/mol. The number of allylic oxidation sites excluding steroid dienone is 3. The fourth-order valence-electron chi connectivity index (χ4n) is 5.32. The lowest BCUT2D eigenvalue weighted by molar-refractivity contribution is -0.129. The second-order valence-corrected chi connectivity index (χ2v) is 10.1. The molecule has 2 atom stereocenters. The largest absolute Gasteiger partial charge is 0.477 e. The minimum atomic E-state index is -1.40. The molecule has 6 heteroatoms. The van der Waals surface area contributed by atoms with Gasteiger partial charge in [0.1, 0.15) is 22.9 Å². The van der Waals surface area contributed by atoms with Gasteiger partial charge in [-0.05, 0) is 35.4 Å². The molecule has 1 aliphatic carbocycles. The van der Waals surface area contributed by atoms with E-state index in [-0.39, 0.29) is 23.3 Å². The molecule has 0 aliphatic heterocycles. The number of nitrogens with zero attached hydrogens (tertiary/aromatic N) is 1. The van der Waals surface area contributed by atoms with Crippen molar-refractivity contribution in [3.05, 3.63) is 156 Å². The van der Waals surface area contributed by atoms with Crippen LogP contribution in [0.5, 0.6) is 0 Å². The molecule has 41 heavy (non-hydrogen) atoms. The highest BCUT2D eigenvalue weighted by atomic mass is 19.1. The summed E-state index contributed by atoms with van der Waals surface area (Å²) in [6.45, 7) is 5.27. The van der Waals surface area contributed by atoms with E-state index in [4.69, 9.17) is 0 Å². The van der Waals surface area contributed by atoms with Gasteiger partial charge in [-0.15, -0.1) is 6.58 Å². The highest BCUT2D eigenvalue weighted by Gasteiger charge is 2.43. The molecule has 1 aliphatic rings. The third kappa shape index (κ3) is 5.16. The van der Waals surface area contributed by atoms with Gasteiger partial charge in [0.05, 0.1) is 5.41 Å². The highest BCUT2D eigenvalue weighted by molar-refractivity contribution is 6.36. The summed E-state index contributed by atoms with van der Waals surface area (Å²) in [6.07, 6.45) is 6.39. The number of fused-ring (bicyclic) bond motifs is 1. The molecule has 4 nitrogen and oxygen atoms in total. The molecular formula is C35H27F2NO3. The van der Waals surface area contributed by atoms with Crippen molar-refractivity contribution in [2.24, 2.45) is 4.99 Å². The van der Waals surface area contributed by atoms with E-state index < -0.39 is 34.3 Å². The summed E-state index contributed by atoms with van der Waals surface area (Å²) in [5.41, 5.74) is -1.61. The predicted molar refractivity (Wildman–Crippen MR) is 157 cm³/mol. The fourth-order valence-corrected chi connectivity index (χ4v) is 5.32. The third-order valence-electron chi connectivity index (χ3n) is 7.42. The molecule has 0 spiro atoms. The molecule has 5 rings (SSSR count). The first-order chi connectivity index (χ1) is 19.7. The van der Waals surface area contributed by atoms with E-state index in [1.807, 2.05) is 42.5 Å². The Balaban J connectivity index is 1.84. The van der Waals surface area contributed by atoms with Crippen LogP contribution in [0.1, 0.15) is 34.8 Å². The Kier molecular flexibility index (Phi) is 7.33. The number of hydrogen-bond donors (Lipinski definition) is 1. The summed E-state index contributed by atoms with van der Waals surface area (Å²) in [7, 11) is 0. The summed E-state index contributed by atoms with van der Waals surface area (Å²) >= 11 is 0. The lowest BCUT2D eigenvalue weighted by Gasteiger charge is -2.38. The first kappa shape index (κ1) is 27.6. The monoisotopic (exact) mass is 547 g/mol. The van der Waals surface area contributed by atoms with Crippen LogP contribution in [0, 0.1) is 11.6 Å². The normalized spacial score (nSPS) is 20.5. The first-order valence-corrected chi connectivity index (χ1v) is 13.1. The summed E-state index contributed by atoms with van der Waals surface area (Å²) in [4.78, 5) is 30.7. The summed E-state index contributed by atoms with van der Waals surface area (Å²) in [5.74, 6) is -3.14. The molecule has 4 aromatic carbocycles. The minimum absolute atomic E-state index is 0.0199. The fraction of sp³-hybridized carbons (Fsp3) is 0.114. The standard InChI is InChI=1S/C35H27F2NO3/c1-3-9-31(33(40)41)38-34(2)18-19-35(28-17-16-27(36)21-30(28)37,22-29(34)32(39)24-11-5-4-6-12-24)26-15-14-23-10-7-8-13-25(23)20-26/h3-8,10-22H,1,9H2,2H3,(H,40,41). The Morgan fingerprint density at radius 1 is 0.902 bits per heavy atom. The van der Waals surface area contributed by atoms with Gasteiger partial charge in [0.25, 0.3) is 0 Å². The van der Waals surface area contributed by atoms with Crippen LogP contribution < -0.4 is 0 Å². The van der Waals surface area contributed by atoms with Gasteiger partial charge in [0.2, 0.25) is 0 Å². The molecule has 0 radical (unpaired) electrons. The second-order valence-electron chi connectivity index (χ2n) is 10.1. The Bertz CT molecular complexity index is 1770. The van der Waals surface area contributed by atoms with E-state index in [2.05, 4.69) is 11.6 Å². The van der Waals surface area contributed by atoms with Crippen LogP contribution in [0.2, 0.25) is 0 Å². The molecule has 204 valence electrons. The minimum Gasteiger partial charge on any atom is -0.477 e. The number of carbonyl (C=O) groups excluding carboxylic acids is 1. The summed E-state index contributed by atoms with van der Waals surface area (Å²) in [6, 6.07) is 25.3. The summed E-state index contributed by atoms with van der Waals surface area (Å²) in [5, 5.41) is 11.7. The van der Waals surface area contributed by atoms with E-state index in [1.54, 1.807) is 55.5 Å². The van der Waals surface area contributed by atoms with Gasteiger partial charge in [-0.3, -0.25) is 9.79 Å². The van der Waals surface area contributed by atoms with Crippen LogP contribution in [0.15, 0.2) is 132 Å². The molecule has 0 saturated heterocycles. The van der Waals surface area contributed by atoms with Gasteiger partial charge >= 0.3 is 5.97 Å². The maximum Gasteiger partial charge on any atom is 0.350 e. The number of rotatable bonds is 8. The Labute approximate surface area is 236 Å². The molecule has 0 fully saturated rings. The lowest BCUT2D eigenvalue weighted by Crippen LogP contribution is -2.38. The van der Waals surface area contributed by atoms with Crippen LogP contribution in [0.25, 0.3) is 10.8 Å². The number of ketones is 1. The number of halogens is 2. The van der Waals surface area contributed by atoms with Gasteiger partial charge in [-0.1, -0.05) is 97.1 Å². The molecule has 4 aromatic rings. The quantitative estimate of drug-likeness (QED) is 0.140. The zero-order chi connectivity index (χ0) is 29.2. The lowest BCUT2D eigenvalue weighted by atomic mass is 9.66. The van der Waals surface area contributed by atoms with Crippen LogP contribution in [0.3, 0.4) is 0 Å². The van der Waals surface area contributed by atoms with E-state index in [1.165, 1.54) is 18.2 Å². The molecule has 2 unspecified atom stereocenters. The number of carbonyl (C=O) groups is 2. The highest BCUT2D eigenvalue weighted by Crippen LogP contribution is 2.45. The molecule has 0 amide bonds. The van der Waals surface area contributed by atoms with Crippen LogP contribution in [0.4, 0.5) is 8.78 Å². The number of aliphatic carboxylic acids is 1. The number of carboxylic acid groups (broad SMARTS) is 1. The van der Waals surface area contributed by atoms with Crippen molar-refractivity contribution in [2.45, 2.75) is 24.3 Å². The van der Waals surface area contributed by atoms with Gasteiger partial charge < -0.3 is 5.11 Å². The average molecular weight is 548 g/mol. The van der Waals surface area contributed by atoms with E-state index in [9.17, 15) is 19.1 Å².